The third-order valence-corrected chi connectivity index (χ3v) is 8.48. The van der Waals surface area contributed by atoms with Crippen LogP contribution < -0.4 is 5.32 Å². The molecule has 39 heavy (non-hydrogen) atoms. The Hall–Kier alpha value is -4.01. The number of hydrogen-bond donors (Lipinski definition) is 1. The fraction of sp³-hybridized carbons (Fsp3) is 0.400. The lowest BCUT2D eigenvalue weighted by Crippen LogP contribution is -2.47. The van der Waals surface area contributed by atoms with Crippen molar-refractivity contribution in [2.75, 3.05) is 6.54 Å². The number of rotatable bonds is 8. The number of carbonyl (C=O) groups excluding carboxylic acids is 3. The highest BCUT2D eigenvalue weighted by Gasteiger charge is 2.56. The molecule has 1 saturated heterocycles. The number of aromatic nitrogens is 2. The molecular weight excluding hydrogens is 497 g/mol. The van der Waals surface area contributed by atoms with Gasteiger partial charge in [-0.1, -0.05) is 30.3 Å². The van der Waals surface area contributed by atoms with Crippen LogP contribution in [0, 0.1) is 11.7 Å². The predicted molar refractivity (Wildman–Crippen MR) is 143 cm³/mol. The summed E-state index contributed by atoms with van der Waals surface area (Å²) in [6.07, 6.45) is 6.99. The van der Waals surface area contributed by atoms with Gasteiger partial charge in [-0.2, -0.15) is 5.10 Å². The summed E-state index contributed by atoms with van der Waals surface area (Å²) in [6.45, 7) is 4.79. The van der Waals surface area contributed by atoms with Crippen molar-refractivity contribution in [1.29, 1.82) is 0 Å². The maximum absolute atomic E-state index is 13.8. The van der Waals surface area contributed by atoms with Crippen LogP contribution in [0.4, 0.5) is 9.18 Å². The minimum Gasteiger partial charge on any atom is -0.334 e. The summed E-state index contributed by atoms with van der Waals surface area (Å²) < 4.78 is 15.3. The molecule has 1 saturated carbocycles. The van der Waals surface area contributed by atoms with Crippen molar-refractivity contribution >= 4 is 17.8 Å². The molecule has 3 aromatic rings. The molecule has 202 valence electrons. The molecule has 1 spiro atoms. The van der Waals surface area contributed by atoms with Gasteiger partial charge >= 0.3 is 6.03 Å². The number of imide groups is 1. The van der Waals surface area contributed by atoms with E-state index in [9.17, 15) is 18.8 Å². The van der Waals surface area contributed by atoms with Crippen molar-refractivity contribution in [3.8, 4) is 11.1 Å². The number of fused-ring (bicyclic) bond motifs is 2. The summed E-state index contributed by atoms with van der Waals surface area (Å²) in [5, 5.41) is 7.28. The maximum Gasteiger partial charge on any atom is 0.325 e. The molecule has 1 aliphatic heterocycles. The van der Waals surface area contributed by atoms with Gasteiger partial charge in [0, 0.05) is 30.9 Å². The van der Waals surface area contributed by atoms with Crippen molar-refractivity contribution in [3.63, 3.8) is 0 Å². The second-order valence-corrected chi connectivity index (χ2v) is 10.9. The Morgan fingerprint density at radius 1 is 1.18 bits per heavy atom. The van der Waals surface area contributed by atoms with Crippen LogP contribution in [0.5, 0.6) is 0 Å². The molecule has 6 rings (SSSR count). The summed E-state index contributed by atoms with van der Waals surface area (Å²) >= 11 is 0. The standard InChI is InChI=1S/C30H32FN5O3/c1-3-34-17-24(15-32-34)22-8-11-26-23(14-22)12-13-30(26)28(38)36(29(39)33-30)18-27(37)35(19(2)21-6-7-21)16-20-4-9-25(31)10-5-20/h4-5,8-11,14-15,17,19,21H,3,6-7,12-13,16,18H2,1-2H3,(H,33,39)/t19-,30+/m1/s1. The van der Waals surface area contributed by atoms with Gasteiger partial charge in [-0.3, -0.25) is 19.2 Å². The van der Waals surface area contributed by atoms with Gasteiger partial charge in [0.2, 0.25) is 5.91 Å². The number of amides is 4. The molecule has 2 heterocycles. The second-order valence-electron chi connectivity index (χ2n) is 10.9. The van der Waals surface area contributed by atoms with Crippen LogP contribution in [-0.4, -0.2) is 50.0 Å². The minimum absolute atomic E-state index is 0.0417. The lowest BCUT2D eigenvalue weighted by Gasteiger charge is -2.31. The molecule has 4 amide bonds. The second kappa shape index (κ2) is 9.63. The smallest absolute Gasteiger partial charge is 0.325 e. The molecule has 2 aromatic carbocycles. The average molecular weight is 530 g/mol. The van der Waals surface area contributed by atoms with Crippen LogP contribution in [-0.2, 0) is 34.6 Å². The summed E-state index contributed by atoms with van der Waals surface area (Å²) in [7, 11) is 0. The third-order valence-electron chi connectivity index (χ3n) is 8.48. The normalized spacial score (nSPS) is 20.8. The van der Waals surface area contributed by atoms with Crippen LogP contribution in [0.3, 0.4) is 0 Å². The van der Waals surface area contributed by atoms with Crippen molar-refractivity contribution in [3.05, 3.63) is 77.4 Å². The highest BCUT2D eigenvalue weighted by atomic mass is 19.1. The topological polar surface area (TPSA) is 87.5 Å². The average Bonchev–Trinajstić information content (AvgIpc) is 3.49. The lowest BCUT2D eigenvalue weighted by atomic mass is 9.90. The first-order valence-electron chi connectivity index (χ1n) is 13.6. The van der Waals surface area contributed by atoms with E-state index in [-0.39, 0.29) is 30.2 Å². The van der Waals surface area contributed by atoms with E-state index in [4.69, 9.17) is 0 Å². The molecule has 0 unspecified atom stereocenters. The van der Waals surface area contributed by atoms with E-state index in [1.165, 1.54) is 12.1 Å². The first-order valence-corrected chi connectivity index (χ1v) is 13.6. The monoisotopic (exact) mass is 529 g/mol. The Bertz CT molecular complexity index is 1450. The first-order chi connectivity index (χ1) is 18.8. The molecule has 0 bridgehead atoms. The van der Waals surface area contributed by atoms with E-state index in [2.05, 4.69) is 16.5 Å². The Morgan fingerprint density at radius 2 is 1.95 bits per heavy atom. The number of carbonyl (C=O) groups is 3. The number of nitrogens with zero attached hydrogens (tertiary/aromatic N) is 4. The van der Waals surface area contributed by atoms with Crippen molar-refractivity contribution in [2.45, 2.75) is 64.2 Å². The van der Waals surface area contributed by atoms with Crippen LogP contribution in [0.15, 0.2) is 54.9 Å². The zero-order chi connectivity index (χ0) is 27.3. The predicted octanol–water partition coefficient (Wildman–Crippen LogP) is 4.23. The van der Waals surface area contributed by atoms with Crippen molar-refractivity contribution in [1.82, 2.24) is 24.9 Å². The van der Waals surface area contributed by atoms with Crippen molar-refractivity contribution in [2.24, 2.45) is 5.92 Å². The largest absolute Gasteiger partial charge is 0.334 e. The minimum atomic E-state index is -1.15. The number of urea groups is 1. The number of halogens is 1. The Balaban J connectivity index is 1.22. The van der Waals surface area contributed by atoms with Gasteiger partial charge < -0.3 is 10.2 Å². The molecular formula is C30H32FN5O3. The van der Waals surface area contributed by atoms with Crippen LogP contribution in [0.1, 0.15) is 49.8 Å². The van der Waals surface area contributed by atoms with Gasteiger partial charge in [-0.05, 0) is 79.8 Å². The lowest BCUT2D eigenvalue weighted by molar-refractivity contribution is -0.141. The summed E-state index contributed by atoms with van der Waals surface area (Å²) in [5.41, 5.74) is 3.47. The van der Waals surface area contributed by atoms with Gasteiger partial charge in [0.05, 0.1) is 6.20 Å². The van der Waals surface area contributed by atoms with Gasteiger partial charge in [-0.15, -0.1) is 0 Å². The van der Waals surface area contributed by atoms with E-state index in [0.717, 1.165) is 52.1 Å². The number of aryl methyl sites for hydroxylation is 2. The quantitative estimate of drug-likeness (QED) is 0.443. The van der Waals surface area contributed by atoms with Gasteiger partial charge in [0.15, 0.2) is 0 Å². The SMILES string of the molecule is CCn1cc(-c2ccc3c(c2)CC[C@]32NC(=O)N(CC(=O)N(Cc3ccc(F)cc3)[C@H](C)C3CC3)C2=O)cn1. The van der Waals surface area contributed by atoms with E-state index < -0.39 is 11.6 Å². The van der Waals surface area contributed by atoms with Crippen LogP contribution >= 0.6 is 0 Å². The fourth-order valence-electron chi connectivity index (χ4n) is 5.97. The summed E-state index contributed by atoms with van der Waals surface area (Å²) in [4.78, 5) is 43.3. The highest BCUT2D eigenvalue weighted by Crippen LogP contribution is 2.43. The van der Waals surface area contributed by atoms with Crippen LogP contribution in [0.2, 0.25) is 0 Å². The number of benzene rings is 2. The molecule has 2 atom stereocenters. The molecule has 2 fully saturated rings. The van der Waals surface area contributed by atoms with Gasteiger partial charge in [0.25, 0.3) is 5.91 Å². The number of hydrogen-bond acceptors (Lipinski definition) is 4. The van der Waals surface area contributed by atoms with Crippen molar-refractivity contribution < 1.29 is 18.8 Å². The summed E-state index contributed by atoms with van der Waals surface area (Å²) in [5.74, 6) is -0.617. The first kappa shape index (κ1) is 25.3. The van der Waals surface area contributed by atoms with E-state index >= 15 is 0 Å². The Labute approximate surface area is 226 Å². The Morgan fingerprint density at radius 3 is 2.64 bits per heavy atom. The molecule has 9 heteroatoms. The number of nitrogens with one attached hydrogen (secondary N) is 1. The molecule has 1 N–H and O–H groups in total. The van der Waals surface area contributed by atoms with Gasteiger partial charge in [0.1, 0.15) is 17.9 Å². The highest BCUT2D eigenvalue weighted by molar-refractivity contribution is 6.10. The fourth-order valence-corrected chi connectivity index (χ4v) is 5.97. The molecule has 1 aromatic heterocycles. The third kappa shape index (κ3) is 4.49. The van der Waals surface area contributed by atoms with E-state index in [1.54, 1.807) is 17.0 Å². The molecule has 0 radical (unpaired) electrons. The maximum atomic E-state index is 13.8. The van der Waals surface area contributed by atoms with E-state index in [0.29, 0.717) is 25.3 Å². The van der Waals surface area contributed by atoms with E-state index in [1.807, 2.05) is 43.1 Å². The zero-order valence-corrected chi connectivity index (χ0v) is 22.2. The zero-order valence-electron chi connectivity index (χ0n) is 22.2. The summed E-state index contributed by atoms with van der Waals surface area (Å²) in [6, 6.07) is 11.4. The van der Waals surface area contributed by atoms with Gasteiger partial charge in [-0.25, -0.2) is 9.18 Å². The molecule has 3 aliphatic rings. The van der Waals surface area contributed by atoms with Crippen LogP contribution in [0.25, 0.3) is 11.1 Å². The molecule has 2 aliphatic carbocycles. The molecule has 8 nitrogen and oxygen atoms in total. The Kier molecular flexibility index (Phi) is 6.24.